The standard InChI is InChI=1S/C33H37N5O8S2/c1-23-34-27-20-25(14-15-29(27)47-23)37(48(43,44)30-13-9-8-12-28(30)38(41)42)17-16-26-21-35(18-19-36(26)32(40)46-33(2,3)4)31(39)45-22-24-10-6-5-7-11-24/h5-15,20,26H,16-19,21-22H2,1-4H3/t26-/m1/s1. The molecule has 5 rings (SSSR count). The molecule has 0 N–H and O–H groups in total. The average Bonchev–Trinajstić information content (AvgIpc) is 3.42. The van der Waals surface area contributed by atoms with E-state index in [0.717, 1.165) is 25.6 Å². The molecule has 0 unspecified atom stereocenters. The summed E-state index contributed by atoms with van der Waals surface area (Å²) in [5.41, 5.74) is 0.296. The Balaban J connectivity index is 1.46. The summed E-state index contributed by atoms with van der Waals surface area (Å²) in [5, 5.41) is 12.7. The Morgan fingerprint density at radius 3 is 2.46 bits per heavy atom. The van der Waals surface area contributed by atoms with E-state index in [2.05, 4.69) is 4.98 Å². The minimum absolute atomic E-state index is 0.0521. The van der Waals surface area contributed by atoms with Crippen molar-refractivity contribution in [3.63, 3.8) is 0 Å². The number of para-hydroxylation sites is 1. The summed E-state index contributed by atoms with van der Waals surface area (Å²) in [4.78, 5) is 44.7. The van der Waals surface area contributed by atoms with Crippen molar-refractivity contribution >= 4 is 55.1 Å². The maximum absolute atomic E-state index is 14.3. The van der Waals surface area contributed by atoms with Crippen molar-refractivity contribution in [2.24, 2.45) is 0 Å². The van der Waals surface area contributed by atoms with Gasteiger partial charge in [0.1, 0.15) is 12.2 Å². The fraction of sp³-hybridized carbons (Fsp3) is 0.364. The Labute approximate surface area is 282 Å². The molecular weight excluding hydrogens is 659 g/mol. The number of hydrogen-bond acceptors (Lipinski definition) is 10. The average molecular weight is 696 g/mol. The number of aryl methyl sites for hydroxylation is 1. The van der Waals surface area contributed by atoms with Crippen LogP contribution in [-0.2, 0) is 26.1 Å². The van der Waals surface area contributed by atoms with Crippen molar-refractivity contribution in [1.29, 1.82) is 0 Å². The van der Waals surface area contributed by atoms with Gasteiger partial charge in [-0.15, -0.1) is 11.3 Å². The summed E-state index contributed by atoms with van der Waals surface area (Å²) < 4.78 is 41.7. The number of benzene rings is 3. The molecule has 1 atom stereocenters. The van der Waals surface area contributed by atoms with Crippen LogP contribution in [0.1, 0.15) is 37.8 Å². The van der Waals surface area contributed by atoms with E-state index in [0.29, 0.717) is 5.52 Å². The highest BCUT2D eigenvalue weighted by Crippen LogP contribution is 2.33. The maximum Gasteiger partial charge on any atom is 0.410 e. The number of carbonyl (C=O) groups is 2. The van der Waals surface area contributed by atoms with E-state index >= 15 is 0 Å². The van der Waals surface area contributed by atoms with E-state index in [-0.39, 0.29) is 44.9 Å². The van der Waals surface area contributed by atoms with Crippen molar-refractivity contribution in [1.82, 2.24) is 14.8 Å². The van der Waals surface area contributed by atoms with Gasteiger partial charge >= 0.3 is 12.2 Å². The number of carbonyl (C=O) groups excluding carboxylic acids is 2. The molecule has 1 aliphatic rings. The van der Waals surface area contributed by atoms with E-state index in [1.807, 2.05) is 37.3 Å². The number of amides is 2. The van der Waals surface area contributed by atoms with Crippen LogP contribution in [0.5, 0.6) is 0 Å². The summed E-state index contributed by atoms with van der Waals surface area (Å²) in [5.74, 6) is 0. The van der Waals surface area contributed by atoms with Gasteiger partial charge in [-0.3, -0.25) is 14.4 Å². The molecule has 1 saturated heterocycles. The molecule has 0 aliphatic carbocycles. The number of rotatable bonds is 9. The van der Waals surface area contributed by atoms with Gasteiger partial charge in [-0.1, -0.05) is 42.5 Å². The maximum atomic E-state index is 14.3. The predicted octanol–water partition coefficient (Wildman–Crippen LogP) is 6.36. The van der Waals surface area contributed by atoms with Gasteiger partial charge in [0.2, 0.25) is 0 Å². The van der Waals surface area contributed by atoms with E-state index in [1.165, 1.54) is 39.3 Å². The van der Waals surface area contributed by atoms with Crippen LogP contribution in [0, 0.1) is 17.0 Å². The molecule has 15 heteroatoms. The van der Waals surface area contributed by atoms with Gasteiger partial charge in [-0.25, -0.2) is 23.0 Å². The molecule has 0 radical (unpaired) electrons. The minimum atomic E-state index is -4.50. The molecule has 1 aliphatic heterocycles. The van der Waals surface area contributed by atoms with Gasteiger partial charge in [0.25, 0.3) is 15.7 Å². The van der Waals surface area contributed by atoms with E-state index < -0.39 is 49.4 Å². The number of sulfonamides is 1. The number of piperazine rings is 1. The van der Waals surface area contributed by atoms with Crippen LogP contribution in [0.4, 0.5) is 21.0 Å². The first-order valence-electron chi connectivity index (χ1n) is 15.3. The third kappa shape index (κ3) is 8.02. The van der Waals surface area contributed by atoms with Gasteiger partial charge < -0.3 is 19.3 Å². The molecule has 1 aromatic heterocycles. The summed E-state index contributed by atoms with van der Waals surface area (Å²) in [7, 11) is -4.50. The quantitative estimate of drug-likeness (QED) is 0.144. The van der Waals surface area contributed by atoms with E-state index in [9.17, 15) is 28.1 Å². The molecule has 2 amide bonds. The lowest BCUT2D eigenvalue weighted by Gasteiger charge is -2.41. The Bertz CT molecular complexity index is 1910. The second-order valence-corrected chi connectivity index (χ2v) is 15.4. The van der Waals surface area contributed by atoms with Gasteiger partial charge in [0, 0.05) is 32.2 Å². The fourth-order valence-electron chi connectivity index (χ4n) is 5.43. The molecule has 2 heterocycles. The van der Waals surface area contributed by atoms with Crippen molar-refractivity contribution in [2.75, 3.05) is 30.5 Å². The highest BCUT2D eigenvalue weighted by Gasteiger charge is 2.38. The summed E-state index contributed by atoms with van der Waals surface area (Å²) >= 11 is 1.46. The number of nitrogens with zero attached hydrogens (tertiary/aromatic N) is 5. The SMILES string of the molecule is Cc1nc2cc(N(CC[C@@H]3CN(C(=O)OCc4ccccc4)CCN3C(=O)OC(C)(C)C)S(=O)(=O)c3ccccc3[N+](=O)[O-])ccc2s1. The molecule has 3 aromatic carbocycles. The lowest BCUT2D eigenvalue weighted by molar-refractivity contribution is -0.387. The molecule has 0 bridgehead atoms. The number of hydrogen-bond donors (Lipinski definition) is 0. The molecule has 1 fully saturated rings. The largest absolute Gasteiger partial charge is 0.445 e. The number of aromatic nitrogens is 1. The third-order valence-electron chi connectivity index (χ3n) is 7.64. The first-order chi connectivity index (χ1) is 22.7. The Hall–Kier alpha value is -4.76. The van der Waals surface area contributed by atoms with Crippen molar-refractivity contribution in [2.45, 2.75) is 57.3 Å². The molecule has 0 saturated carbocycles. The van der Waals surface area contributed by atoms with E-state index in [4.69, 9.17) is 9.47 Å². The summed E-state index contributed by atoms with van der Waals surface area (Å²) in [6.45, 7) is 7.32. The Kier molecular flexibility index (Phi) is 10.2. The fourth-order valence-corrected chi connectivity index (χ4v) is 7.86. The molecular formula is C33H37N5O8S2. The highest BCUT2D eigenvalue weighted by molar-refractivity contribution is 7.93. The van der Waals surface area contributed by atoms with Crippen molar-refractivity contribution < 1.29 is 32.4 Å². The topological polar surface area (TPSA) is 152 Å². The zero-order valence-corrected chi connectivity index (χ0v) is 28.7. The zero-order chi connectivity index (χ0) is 34.6. The molecule has 4 aromatic rings. The minimum Gasteiger partial charge on any atom is -0.445 e. The van der Waals surface area contributed by atoms with Crippen LogP contribution in [0.15, 0.2) is 77.7 Å². The number of nitro groups is 1. The van der Waals surface area contributed by atoms with Gasteiger partial charge in [-0.05, 0) is 63.9 Å². The normalized spacial score (nSPS) is 15.3. The number of anilines is 1. The molecule has 0 spiro atoms. The van der Waals surface area contributed by atoms with Gasteiger partial charge in [0.15, 0.2) is 4.90 Å². The first kappa shape index (κ1) is 34.6. The molecule has 254 valence electrons. The third-order valence-corrected chi connectivity index (χ3v) is 10.5. The summed E-state index contributed by atoms with van der Waals surface area (Å²) in [6.07, 6.45) is -1.10. The predicted molar refractivity (Wildman–Crippen MR) is 182 cm³/mol. The highest BCUT2D eigenvalue weighted by atomic mass is 32.2. The van der Waals surface area contributed by atoms with E-state index in [1.54, 1.807) is 39.0 Å². The lowest BCUT2D eigenvalue weighted by atomic mass is 10.1. The monoisotopic (exact) mass is 695 g/mol. The first-order valence-corrected chi connectivity index (χ1v) is 17.6. The molecule has 13 nitrogen and oxygen atoms in total. The van der Waals surface area contributed by atoms with Crippen LogP contribution in [-0.4, -0.2) is 78.1 Å². The van der Waals surface area contributed by atoms with Crippen molar-refractivity contribution in [3.05, 3.63) is 93.5 Å². The van der Waals surface area contributed by atoms with Crippen LogP contribution < -0.4 is 4.31 Å². The summed E-state index contributed by atoms with van der Waals surface area (Å²) in [6, 6.07) is 18.7. The van der Waals surface area contributed by atoms with Gasteiger partial charge in [-0.2, -0.15) is 0 Å². The van der Waals surface area contributed by atoms with Crippen LogP contribution in [0.25, 0.3) is 10.2 Å². The molecule has 48 heavy (non-hydrogen) atoms. The lowest BCUT2D eigenvalue weighted by Crippen LogP contribution is -2.58. The van der Waals surface area contributed by atoms with Crippen LogP contribution in [0.2, 0.25) is 0 Å². The Morgan fingerprint density at radius 2 is 1.75 bits per heavy atom. The smallest absolute Gasteiger partial charge is 0.410 e. The van der Waals surface area contributed by atoms with Crippen molar-refractivity contribution in [3.8, 4) is 0 Å². The number of ether oxygens (including phenoxy) is 2. The number of thiazole rings is 1. The second-order valence-electron chi connectivity index (χ2n) is 12.3. The van der Waals surface area contributed by atoms with Gasteiger partial charge in [0.05, 0.1) is 31.9 Å². The zero-order valence-electron chi connectivity index (χ0n) is 27.1. The number of fused-ring (bicyclic) bond motifs is 1. The van der Waals surface area contributed by atoms with Crippen LogP contribution >= 0.6 is 11.3 Å². The Morgan fingerprint density at radius 1 is 1.04 bits per heavy atom. The second kappa shape index (κ2) is 14.2. The van der Waals surface area contributed by atoms with Crippen LogP contribution in [0.3, 0.4) is 0 Å². The number of nitro benzene ring substituents is 1.